The molecule has 1 N–H and O–H groups in total. The van der Waals surface area contributed by atoms with E-state index in [1.54, 1.807) is 6.07 Å². The SMILES string of the molecule is COC(=O)c1ccc(OCC2CNCC(C)(C)O2)nn1. The summed E-state index contributed by atoms with van der Waals surface area (Å²) in [5, 5.41) is 10.8. The lowest BCUT2D eigenvalue weighted by atomic mass is 10.1. The number of aromatic nitrogens is 2. The van der Waals surface area contributed by atoms with Gasteiger partial charge in [-0.3, -0.25) is 0 Å². The molecule has 0 amide bonds. The fourth-order valence-electron chi connectivity index (χ4n) is 1.95. The van der Waals surface area contributed by atoms with Crippen LogP contribution >= 0.6 is 0 Å². The van der Waals surface area contributed by atoms with Gasteiger partial charge in [0.15, 0.2) is 5.69 Å². The Labute approximate surface area is 117 Å². The molecule has 1 fully saturated rings. The van der Waals surface area contributed by atoms with E-state index >= 15 is 0 Å². The van der Waals surface area contributed by atoms with Crippen molar-refractivity contribution < 1.29 is 19.0 Å². The van der Waals surface area contributed by atoms with Crippen LogP contribution in [-0.4, -0.2) is 54.7 Å². The second-order valence-electron chi connectivity index (χ2n) is 5.19. The first kappa shape index (κ1) is 14.7. The van der Waals surface area contributed by atoms with Gasteiger partial charge in [0.25, 0.3) is 0 Å². The van der Waals surface area contributed by atoms with Gasteiger partial charge in [-0.05, 0) is 19.9 Å². The molecule has 7 nitrogen and oxygen atoms in total. The molecule has 1 saturated heterocycles. The van der Waals surface area contributed by atoms with Gasteiger partial charge in [-0.25, -0.2) is 4.79 Å². The van der Waals surface area contributed by atoms with Crippen LogP contribution in [0.3, 0.4) is 0 Å². The second kappa shape index (κ2) is 6.15. The summed E-state index contributed by atoms with van der Waals surface area (Å²) >= 11 is 0. The average Bonchev–Trinajstić information content (AvgIpc) is 2.44. The predicted octanol–water partition coefficient (Wildman–Crippen LogP) is 0.409. The van der Waals surface area contributed by atoms with E-state index in [2.05, 4.69) is 20.3 Å². The first-order valence-electron chi connectivity index (χ1n) is 6.43. The van der Waals surface area contributed by atoms with Crippen molar-refractivity contribution >= 4 is 5.97 Å². The number of hydrogen-bond donors (Lipinski definition) is 1. The molecule has 2 heterocycles. The van der Waals surface area contributed by atoms with E-state index < -0.39 is 5.97 Å². The van der Waals surface area contributed by atoms with Crippen LogP contribution in [0.1, 0.15) is 24.3 Å². The van der Waals surface area contributed by atoms with E-state index in [-0.39, 0.29) is 17.4 Å². The average molecular weight is 281 g/mol. The zero-order valence-corrected chi connectivity index (χ0v) is 11.9. The van der Waals surface area contributed by atoms with Gasteiger partial charge in [-0.15, -0.1) is 10.2 Å². The Bertz CT molecular complexity index is 461. The zero-order valence-electron chi connectivity index (χ0n) is 11.9. The highest BCUT2D eigenvalue weighted by molar-refractivity contribution is 5.86. The molecular formula is C13H19N3O4. The van der Waals surface area contributed by atoms with Gasteiger partial charge in [0.2, 0.25) is 5.88 Å². The molecule has 2 rings (SSSR count). The Morgan fingerprint density at radius 2 is 2.30 bits per heavy atom. The van der Waals surface area contributed by atoms with Gasteiger partial charge in [-0.1, -0.05) is 0 Å². The quantitative estimate of drug-likeness (QED) is 0.800. The van der Waals surface area contributed by atoms with Crippen molar-refractivity contribution in [2.24, 2.45) is 0 Å². The number of esters is 1. The molecule has 1 aromatic heterocycles. The van der Waals surface area contributed by atoms with E-state index in [1.807, 2.05) is 13.8 Å². The van der Waals surface area contributed by atoms with Crippen molar-refractivity contribution in [1.82, 2.24) is 15.5 Å². The Morgan fingerprint density at radius 3 is 2.90 bits per heavy atom. The van der Waals surface area contributed by atoms with E-state index in [9.17, 15) is 4.79 Å². The van der Waals surface area contributed by atoms with Crippen molar-refractivity contribution in [1.29, 1.82) is 0 Å². The molecule has 0 bridgehead atoms. The number of carbonyl (C=O) groups is 1. The van der Waals surface area contributed by atoms with Crippen molar-refractivity contribution in [3.05, 3.63) is 17.8 Å². The number of carbonyl (C=O) groups excluding carboxylic acids is 1. The number of rotatable bonds is 4. The molecule has 110 valence electrons. The van der Waals surface area contributed by atoms with Gasteiger partial charge in [0.05, 0.1) is 12.7 Å². The minimum atomic E-state index is -0.523. The molecule has 1 atom stereocenters. The Morgan fingerprint density at radius 1 is 1.50 bits per heavy atom. The Hall–Kier alpha value is -1.73. The molecule has 7 heteroatoms. The highest BCUT2D eigenvalue weighted by Gasteiger charge is 2.28. The highest BCUT2D eigenvalue weighted by Crippen LogP contribution is 2.16. The predicted molar refractivity (Wildman–Crippen MR) is 70.7 cm³/mol. The molecule has 0 spiro atoms. The fraction of sp³-hybridized carbons (Fsp3) is 0.615. The smallest absolute Gasteiger partial charge is 0.358 e. The number of hydrogen-bond acceptors (Lipinski definition) is 7. The normalized spacial score (nSPS) is 21.2. The molecule has 1 unspecified atom stereocenters. The molecule has 0 aliphatic carbocycles. The molecular weight excluding hydrogens is 262 g/mol. The van der Waals surface area contributed by atoms with Gasteiger partial charge in [0, 0.05) is 19.2 Å². The van der Waals surface area contributed by atoms with E-state index in [0.29, 0.717) is 12.5 Å². The summed E-state index contributed by atoms with van der Waals surface area (Å²) in [6.45, 7) is 5.98. The minimum Gasteiger partial charge on any atom is -0.474 e. The molecule has 0 saturated carbocycles. The standard InChI is InChI=1S/C13H19N3O4/c1-13(2)8-14-6-9(20-13)7-19-11-5-4-10(15-16-11)12(17)18-3/h4-5,9,14H,6-8H2,1-3H3. The van der Waals surface area contributed by atoms with Crippen LogP contribution in [0.2, 0.25) is 0 Å². The highest BCUT2D eigenvalue weighted by atomic mass is 16.6. The van der Waals surface area contributed by atoms with Gasteiger partial charge in [-0.2, -0.15) is 0 Å². The summed E-state index contributed by atoms with van der Waals surface area (Å²) in [6, 6.07) is 3.10. The Balaban J connectivity index is 1.86. The summed E-state index contributed by atoms with van der Waals surface area (Å²) in [5.41, 5.74) is -0.0521. The van der Waals surface area contributed by atoms with Crippen LogP contribution in [0, 0.1) is 0 Å². The topological polar surface area (TPSA) is 82.6 Å². The minimum absolute atomic E-state index is 0.0409. The first-order valence-corrected chi connectivity index (χ1v) is 6.43. The summed E-state index contributed by atoms with van der Waals surface area (Å²) in [6.07, 6.45) is -0.0409. The Kier molecular flexibility index (Phi) is 4.51. The number of morpholine rings is 1. The largest absolute Gasteiger partial charge is 0.474 e. The summed E-state index contributed by atoms with van der Waals surface area (Å²) in [5.74, 6) is -0.171. The molecule has 20 heavy (non-hydrogen) atoms. The maximum atomic E-state index is 11.2. The third-order valence-corrected chi connectivity index (χ3v) is 2.86. The molecule has 1 aliphatic heterocycles. The van der Waals surface area contributed by atoms with E-state index in [0.717, 1.165) is 13.1 Å². The summed E-state index contributed by atoms with van der Waals surface area (Å²) in [4.78, 5) is 11.2. The number of nitrogens with one attached hydrogen (secondary N) is 1. The third-order valence-electron chi connectivity index (χ3n) is 2.86. The van der Waals surface area contributed by atoms with Crippen LogP contribution in [0.15, 0.2) is 12.1 Å². The van der Waals surface area contributed by atoms with Crippen molar-refractivity contribution in [3.8, 4) is 5.88 Å². The molecule has 0 radical (unpaired) electrons. The van der Waals surface area contributed by atoms with Crippen molar-refractivity contribution in [2.45, 2.75) is 25.6 Å². The van der Waals surface area contributed by atoms with Crippen LogP contribution in [0.5, 0.6) is 5.88 Å². The van der Waals surface area contributed by atoms with Crippen molar-refractivity contribution in [2.75, 3.05) is 26.8 Å². The maximum absolute atomic E-state index is 11.2. The second-order valence-corrected chi connectivity index (χ2v) is 5.19. The lowest BCUT2D eigenvalue weighted by Gasteiger charge is -2.36. The monoisotopic (exact) mass is 281 g/mol. The summed E-state index contributed by atoms with van der Waals surface area (Å²) in [7, 11) is 1.30. The van der Waals surface area contributed by atoms with Gasteiger partial charge < -0.3 is 19.5 Å². The lowest BCUT2D eigenvalue weighted by molar-refractivity contribution is -0.107. The van der Waals surface area contributed by atoms with E-state index in [4.69, 9.17) is 9.47 Å². The van der Waals surface area contributed by atoms with Gasteiger partial charge >= 0.3 is 5.97 Å². The molecule has 1 aliphatic rings. The van der Waals surface area contributed by atoms with Crippen LogP contribution in [-0.2, 0) is 9.47 Å². The van der Waals surface area contributed by atoms with Gasteiger partial charge in [0.1, 0.15) is 12.7 Å². The molecule has 1 aromatic rings. The third kappa shape index (κ3) is 3.88. The number of nitrogens with zero attached hydrogens (tertiary/aromatic N) is 2. The fourth-order valence-corrected chi connectivity index (χ4v) is 1.95. The van der Waals surface area contributed by atoms with Crippen molar-refractivity contribution in [3.63, 3.8) is 0 Å². The van der Waals surface area contributed by atoms with Crippen LogP contribution < -0.4 is 10.1 Å². The van der Waals surface area contributed by atoms with Crippen LogP contribution in [0.4, 0.5) is 0 Å². The number of methoxy groups -OCH3 is 1. The van der Waals surface area contributed by atoms with E-state index in [1.165, 1.54) is 13.2 Å². The van der Waals surface area contributed by atoms with Crippen LogP contribution in [0.25, 0.3) is 0 Å². The maximum Gasteiger partial charge on any atom is 0.358 e. The lowest BCUT2D eigenvalue weighted by Crippen LogP contribution is -2.52. The summed E-state index contributed by atoms with van der Waals surface area (Å²) < 4.78 is 15.9. The molecule has 0 aromatic carbocycles. The number of ether oxygens (including phenoxy) is 3. The zero-order chi connectivity index (χ0) is 14.6. The first-order chi connectivity index (χ1) is 9.50.